The number of hydrogen-bond acceptors (Lipinski definition) is 6. The van der Waals surface area contributed by atoms with Gasteiger partial charge in [-0.15, -0.1) is 0 Å². The van der Waals surface area contributed by atoms with E-state index in [0.29, 0.717) is 13.0 Å². The van der Waals surface area contributed by atoms with Crippen molar-refractivity contribution in [2.24, 2.45) is 5.41 Å². The Bertz CT molecular complexity index is 577. The van der Waals surface area contributed by atoms with E-state index >= 15 is 0 Å². The Morgan fingerprint density at radius 3 is 2.56 bits per heavy atom. The third kappa shape index (κ3) is 3.75. The van der Waals surface area contributed by atoms with Crippen molar-refractivity contribution in [2.75, 3.05) is 42.6 Å². The van der Waals surface area contributed by atoms with Gasteiger partial charge in [0.05, 0.1) is 12.7 Å². The summed E-state index contributed by atoms with van der Waals surface area (Å²) in [4.78, 5) is 14.1. The number of hydrogen-bond donors (Lipinski definition) is 2. The van der Waals surface area contributed by atoms with Crippen LogP contribution in [0.15, 0.2) is 6.07 Å². The third-order valence-corrected chi connectivity index (χ3v) is 5.78. The molecule has 140 valence electrons. The molecule has 2 saturated heterocycles. The van der Waals surface area contributed by atoms with Gasteiger partial charge in [-0.2, -0.15) is 4.98 Å². The number of anilines is 2. The minimum atomic E-state index is -0.446. The van der Waals surface area contributed by atoms with E-state index in [1.807, 2.05) is 0 Å². The van der Waals surface area contributed by atoms with Gasteiger partial charge in [0, 0.05) is 43.4 Å². The summed E-state index contributed by atoms with van der Waals surface area (Å²) in [5, 5.41) is 20.5. The number of aromatic nitrogens is 2. The zero-order valence-electron chi connectivity index (χ0n) is 15.6. The summed E-state index contributed by atoms with van der Waals surface area (Å²) in [6.07, 6.45) is 5.29. The number of piperidine rings is 1. The lowest BCUT2D eigenvalue weighted by Gasteiger charge is -2.46. The van der Waals surface area contributed by atoms with Gasteiger partial charge < -0.3 is 20.0 Å². The molecule has 0 radical (unpaired) electrons. The maximum absolute atomic E-state index is 10.5. The van der Waals surface area contributed by atoms with E-state index in [0.717, 1.165) is 56.4 Å². The van der Waals surface area contributed by atoms with Crippen molar-refractivity contribution in [3.05, 3.63) is 11.8 Å². The Hall–Kier alpha value is -1.40. The summed E-state index contributed by atoms with van der Waals surface area (Å²) in [6.45, 7) is 7.72. The highest BCUT2D eigenvalue weighted by molar-refractivity contribution is 5.47. The monoisotopic (exact) mass is 348 g/mol. The first-order chi connectivity index (χ1) is 12.1. The zero-order valence-corrected chi connectivity index (χ0v) is 15.6. The van der Waals surface area contributed by atoms with E-state index < -0.39 is 11.5 Å². The van der Waals surface area contributed by atoms with Gasteiger partial charge in [-0.05, 0) is 32.1 Å². The van der Waals surface area contributed by atoms with E-state index in [4.69, 9.17) is 9.97 Å². The molecule has 1 aromatic heterocycles. The molecule has 0 amide bonds. The fourth-order valence-electron chi connectivity index (χ4n) is 4.19. The van der Waals surface area contributed by atoms with Gasteiger partial charge in [0.2, 0.25) is 5.95 Å². The second-order valence-electron chi connectivity index (χ2n) is 7.56. The van der Waals surface area contributed by atoms with Crippen LogP contribution in [0.1, 0.15) is 51.6 Å². The Labute approximate surface area is 150 Å². The average molecular weight is 348 g/mol. The van der Waals surface area contributed by atoms with Crippen LogP contribution in [-0.4, -0.2) is 59.1 Å². The number of aliphatic hydroxyl groups excluding tert-OH is 2. The van der Waals surface area contributed by atoms with Gasteiger partial charge in [0.15, 0.2) is 0 Å². The molecule has 6 nitrogen and oxygen atoms in total. The number of aryl methyl sites for hydroxylation is 1. The van der Waals surface area contributed by atoms with Crippen molar-refractivity contribution in [1.29, 1.82) is 0 Å². The molecule has 3 rings (SSSR count). The molecule has 2 aliphatic rings. The Kier molecular flexibility index (Phi) is 5.79. The minimum absolute atomic E-state index is 0.0171. The third-order valence-electron chi connectivity index (χ3n) is 5.78. The highest BCUT2D eigenvalue weighted by Crippen LogP contribution is 2.36. The summed E-state index contributed by atoms with van der Waals surface area (Å²) in [5.41, 5.74) is 0.612. The molecule has 0 spiro atoms. The zero-order chi connectivity index (χ0) is 17.9. The summed E-state index contributed by atoms with van der Waals surface area (Å²) < 4.78 is 0. The maximum atomic E-state index is 10.5. The summed E-state index contributed by atoms with van der Waals surface area (Å²) in [6, 6.07) is 2.07. The Balaban J connectivity index is 1.88. The van der Waals surface area contributed by atoms with E-state index in [1.54, 1.807) is 0 Å². The molecule has 0 aliphatic carbocycles. The predicted octanol–water partition coefficient (Wildman–Crippen LogP) is 1.99. The molecule has 0 saturated carbocycles. The molecular formula is C19H32N4O2. The van der Waals surface area contributed by atoms with Crippen LogP contribution in [0.5, 0.6) is 0 Å². The van der Waals surface area contributed by atoms with Crippen LogP contribution in [-0.2, 0) is 6.42 Å². The van der Waals surface area contributed by atoms with Crippen LogP contribution in [0.3, 0.4) is 0 Å². The van der Waals surface area contributed by atoms with Crippen molar-refractivity contribution in [1.82, 2.24) is 9.97 Å². The van der Waals surface area contributed by atoms with Crippen molar-refractivity contribution >= 4 is 11.8 Å². The molecule has 2 atom stereocenters. The van der Waals surface area contributed by atoms with Gasteiger partial charge in [0.25, 0.3) is 0 Å². The van der Waals surface area contributed by atoms with Gasteiger partial charge in [-0.1, -0.05) is 20.3 Å². The maximum Gasteiger partial charge on any atom is 0.227 e. The lowest BCUT2D eigenvalue weighted by molar-refractivity contribution is -0.0353. The van der Waals surface area contributed by atoms with Gasteiger partial charge in [-0.3, -0.25) is 0 Å². The van der Waals surface area contributed by atoms with E-state index in [2.05, 4.69) is 29.7 Å². The molecule has 6 heteroatoms. The number of nitrogens with zero attached hydrogens (tertiary/aromatic N) is 4. The van der Waals surface area contributed by atoms with Crippen LogP contribution in [0, 0.1) is 5.41 Å². The standard InChI is InChI=1S/C19H32N4O2/c1-3-8-19(14-24)13-23(11-7-16(19)25)17-12-15(4-2)20-18(21-17)22-9-5-6-10-22/h12,16,24-25H,3-11,13-14H2,1-2H3/t16-,19+/m1/s1. The molecule has 25 heavy (non-hydrogen) atoms. The summed E-state index contributed by atoms with van der Waals surface area (Å²) in [5.74, 6) is 1.78. The highest BCUT2D eigenvalue weighted by Gasteiger charge is 2.42. The van der Waals surface area contributed by atoms with Gasteiger partial charge in [-0.25, -0.2) is 4.98 Å². The second-order valence-corrected chi connectivity index (χ2v) is 7.56. The molecule has 2 fully saturated rings. The van der Waals surface area contributed by atoms with E-state index in [9.17, 15) is 10.2 Å². The van der Waals surface area contributed by atoms with Gasteiger partial charge >= 0.3 is 0 Å². The molecule has 0 bridgehead atoms. The average Bonchev–Trinajstić information content (AvgIpc) is 3.18. The molecule has 0 aromatic carbocycles. The van der Waals surface area contributed by atoms with Crippen molar-refractivity contribution in [3.8, 4) is 0 Å². The molecule has 1 aromatic rings. The summed E-state index contributed by atoms with van der Waals surface area (Å²) in [7, 11) is 0. The number of rotatable bonds is 6. The Morgan fingerprint density at radius 2 is 1.92 bits per heavy atom. The molecular weight excluding hydrogens is 316 g/mol. The normalized spacial score (nSPS) is 27.1. The molecule has 3 heterocycles. The first-order valence-corrected chi connectivity index (χ1v) is 9.78. The van der Waals surface area contributed by atoms with Crippen molar-refractivity contribution in [2.45, 2.75) is 58.5 Å². The highest BCUT2D eigenvalue weighted by atomic mass is 16.3. The first kappa shape index (κ1) is 18.4. The largest absolute Gasteiger partial charge is 0.396 e. The van der Waals surface area contributed by atoms with Crippen LogP contribution in [0.25, 0.3) is 0 Å². The molecule has 2 N–H and O–H groups in total. The van der Waals surface area contributed by atoms with Crippen LogP contribution < -0.4 is 9.80 Å². The van der Waals surface area contributed by atoms with Crippen molar-refractivity contribution in [3.63, 3.8) is 0 Å². The lowest BCUT2D eigenvalue weighted by atomic mass is 9.74. The fourth-order valence-corrected chi connectivity index (χ4v) is 4.19. The van der Waals surface area contributed by atoms with Gasteiger partial charge in [0.1, 0.15) is 5.82 Å². The van der Waals surface area contributed by atoms with Crippen LogP contribution in [0.2, 0.25) is 0 Å². The lowest BCUT2D eigenvalue weighted by Crippen LogP contribution is -2.54. The van der Waals surface area contributed by atoms with Crippen LogP contribution >= 0.6 is 0 Å². The fraction of sp³-hybridized carbons (Fsp3) is 0.789. The molecule has 0 unspecified atom stereocenters. The SMILES string of the molecule is CCC[C@@]1(CO)CN(c2cc(CC)nc(N3CCCC3)n2)CC[C@H]1O. The quantitative estimate of drug-likeness (QED) is 0.819. The summed E-state index contributed by atoms with van der Waals surface area (Å²) >= 11 is 0. The smallest absolute Gasteiger partial charge is 0.227 e. The topological polar surface area (TPSA) is 72.7 Å². The number of aliphatic hydroxyl groups is 2. The molecule has 2 aliphatic heterocycles. The predicted molar refractivity (Wildman–Crippen MR) is 100 cm³/mol. The van der Waals surface area contributed by atoms with Crippen molar-refractivity contribution < 1.29 is 10.2 Å². The first-order valence-electron chi connectivity index (χ1n) is 9.78. The minimum Gasteiger partial charge on any atom is -0.396 e. The Morgan fingerprint density at radius 1 is 1.16 bits per heavy atom. The van der Waals surface area contributed by atoms with E-state index in [-0.39, 0.29) is 6.61 Å². The van der Waals surface area contributed by atoms with E-state index in [1.165, 1.54) is 12.8 Å². The van der Waals surface area contributed by atoms with Crippen LogP contribution in [0.4, 0.5) is 11.8 Å². The second kappa shape index (κ2) is 7.87.